The molecule has 0 saturated carbocycles. The Hall–Kier alpha value is -3.35. The van der Waals surface area contributed by atoms with Crippen LogP contribution in [0.2, 0.25) is 5.02 Å². The highest BCUT2D eigenvalue weighted by molar-refractivity contribution is 8.18. The second-order valence-electron chi connectivity index (χ2n) is 7.70. The molecule has 188 valence electrons. The van der Waals surface area contributed by atoms with Crippen LogP contribution in [0.4, 0.5) is 18.0 Å². The second-order valence-corrected chi connectivity index (χ2v) is 9.13. The SMILES string of the molecule is O=C(O)COCCN1C(=O)S/C(=C\c2ccc3c(cnn3Cc3ccc(Cl)cc3C(F)(F)F)c2)C1=O. The average Bonchev–Trinajstić information content (AvgIpc) is 3.31. The van der Waals surface area contributed by atoms with Crippen LogP contribution in [0, 0.1) is 0 Å². The number of carboxylic acid groups (broad SMARTS) is 1. The fraction of sp³-hybridized carbons (Fsp3) is 0.217. The van der Waals surface area contributed by atoms with Crippen LogP contribution >= 0.6 is 23.4 Å². The number of imide groups is 1. The zero-order valence-electron chi connectivity index (χ0n) is 18.3. The van der Waals surface area contributed by atoms with Gasteiger partial charge in [0.2, 0.25) is 0 Å². The molecule has 1 aliphatic rings. The summed E-state index contributed by atoms with van der Waals surface area (Å²) < 4.78 is 46.6. The van der Waals surface area contributed by atoms with Gasteiger partial charge in [0.05, 0.1) is 41.9 Å². The van der Waals surface area contributed by atoms with E-state index in [-0.39, 0.29) is 35.2 Å². The van der Waals surface area contributed by atoms with Gasteiger partial charge in [0, 0.05) is 10.4 Å². The Morgan fingerprint density at radius 1 is 1.19 bits per heavy atom. The van der Waals surface area contributed by atoms with E-state index in [9.17, 15) is 27.6 Å². The lowest BCUT2D eigenvalue weighted by Gasteiger charge is -2.14. The van der Waals surface area contributed by atoms with E-state index >= 15 is 0 Å². The second kappa shape index (κ2) is 10.3. The molecular formula is C23H17ClF3N3O5S. The Morgan fingerprint density at radius 2 is 1.97 bits per heavy atom. The summed E-state index contributed by atoms with van der Waals surface area (Å²) in [4.78, 5) is 36.4. The van der Waals surface area contributed by atoms with Gasteiger partial charge in [-0.05, 0) is 53.2 Å². The largest absolute Gasteiger partial charge is 0.480 e. The van der Waals surface area contributed by atoms with Crippen molar-refractivity contribution in [3.8, 4) is 0 Å². The molecule has 36 heavy (non-hydrogen) atoms. The number of thioether (sulfide) groups is 1. The zero-order valence-corrected chi connectivity index (χ0v) is 19.9. The molecule has 3 aromatic rings. The molecule has 2 amide bonds. The summed E-state index contributed by atoms with van der Waals surface area (Å²) in [6, 6.07) is 8.62. The van der Waals surface area contributed by atoms with Crippen LogP contribution in [-0.4, -0.2) is 56.7 Å². The quantitative estimate of drug-likeness (QED) is 0.321. The number of benzene rings is 2. The van der Waals surface area contributed by atoms with Crippen molar-refractivity contribution in [1.29, 1.82) is 0 Å². The van der Waals surface area contributed by atoms with Crippen molar-refractivity contribution in [3.63, 3.8) is 0 Å². The van der Waals surface area contributed by atoms with Gasteiger partial charge in [0.15, 0.2) is 0 Å². The van der Waals surface area contributed by atoms with E-state index < -0.39 is 35.5 Å². The molecule has 13 heteroatoms. The maximum atomic E-state index is 13.4. The van der Waals surface area contributed by atoms with Crippen LogP contribution < -0.4 is 0 Å². The summed E-state index contributed by atoms with van der Waals surface area (Å²) >= 11 is 6.50. The molecule has 0 spiro atoms. The average molecular weight is 540 g/mol. The molecule has 0 atom stereocenters. The summed E-state index contributed by atoms with van der Waals surface area (Å²) in [5.74, 6) is -1.68. The first kappa shape index (κ1) is 25.7. The van der Waals surface area contributed by atoms with Crippen LogP contribution in [0.3, 0.4) is 0 Å². The number of hydrogen-bond acceptors (Lipinski definition) is 6. The lowest BCUT2D eigenvalue weighted by molar-refractivity contribution is -0.142. The number of rotatable bonds is 8. The highest BCUT2D eigenvalue weighted by atomic mass is 35.5. The van der Waals surface area contributed by atoms with E-state index in [1.54, 1.807) is 18.2 Å². The Labute approximate surface area is 211 Å². The smallest absolute Gasteiger partial charge is 0.416 e. The summed E-state index contributed by atoms with van der Waals surface area (Å²) in [6.07, 6.45) is -1.54. The van der Waals surface area contributed by atoms with Gasteiger partial charge in [0.25, 0.3) is 11.1 Å². The number of aromatic nitrogens is 2. The monoisotopic (exact) mass is 539 g/mol. The molecule has 4 rings (SSSR count). The minimum Gasteiger partial charge on any atom is -0.480 e. The van der Waals surface area contributed by atoms with E-state index in [1.807, 2.05) is 0 Å². The molecular weight excluding hydrogens is 523 g/mol. The normalized spacial score (nSPS) is 15.4. The van der Waals surface area contributed by atoms with Gasteiger partial charge in [-0.3, -0.25) is 19.2 Å². The third kappa shape index (κ3) is 5.72. The van der Waals surface area contributed by atoms with E-state index in [0.29, 0.717) is 16.5 Å². The first-order valence-electron chi connectivity index (χ1n) is 10.4. The van der Waals surface area contributed by atoms with E-state index in [4.69, 9.17) is 21.4 Å². The van der Waals surface area contributed by atoms with Gasteiger partial charge in [0.1, 0.15) is 6.61 Å². The predicted molar refractivity (Wildman–Crippen MR) is 126 cm³/mol. The number of hydrogen-bond donors (Lipinski definition) is 1. The van der Waals surface area contributed by atoms with Crippen molar-refractivity contribution in [2.45, 2.75) is 12.7 Å². The molecule has 2 heterocycles. The summed E-state index contributed by atoms with van der Waals surface area (Å²) in [5.41, 5.74) is 0.359. The van der Waals surface area contributed by atoms with Crippen molar-refractivity contribution in [1.82, 2.24) is 14.7 Å². The van der Waals surface area contributed by atoms with Crippen molar-refractivity contribution in [3.05, 3.63) is 69.2 Å². The third-order valence-electron chi connectivity index (χ3n) is 5.22. The van der Waals surface area contributed by atoms with Crippen LogP contribution in [-0.2, 0) is 27.0 Å². The number of carbonyl (C=O) groups is 3. The molecule has 1 fully saturated rings. The number of carboxylic acids is 1. The van der Waals surface area contributed by atoms with Gasteiger partial charge in [-0.15, -0.1) is 0 Å². The molecule has 1 N–H and O–H groups in total. The van der Waals surface area contributed by atoms with Crippen LogP contribution in [0.15, 0.2) is 47.5 Å². The number of fused-ring (bicyclic) bond motifs is 1. The van der Waals surface area contributed by atoms with Crippen molar-refractivity contribution >= 4 is 57.5 Å². The first-order valence-corrected chi connectivity index (χ1v) is 11.6. The van der Waals surface area contributed by atoms with Gasteiger partial charge >= 0.3 is 12.1 Å². The molecule has 8 nitrogen and oxygen atoms in total. The topological polar surface area (TPSA) is 102 Å². The standard InChI is InChI=1S/C23H17ClF3N3O5S/c24-16-3-2-14(17(9-16)23(25,26)27)11-30-18-4-1-13(7-15(18)10-28-30)8-19-21(33)29(22(34)36-19)5-6-35-12-20(31)32/h1-4,7-10H,5-6,11-12H2,(H,31,32)/b19-8-. The summed E-state index contributed by atoms with van der Waals surface area (Å²) in [6.45, 7) is -0.842. The number of carbonyl (C=O) groups excluding carboxylic acids is 2. The number of halogens is 4. The van der Waals surface area contributed by atoms with Crippen LogP contribution in [0.1, 0.15) is 16.7 Å². The Kier molecular flexibility index (Phi) is 7.38. The minimum absolute atomic E-state index is 0.0155. The van der Waals surface area contributed by atoms with E-state index in [0.717, 1.165) is 22.7 Å². The number of ether oxygens (including phenoxy) is 1. The predicted octanol–water partition coefficient (Wildman–Crippen LogP) is 4.89. The lowest BCUT2D eigenvalue weighted by atomic mass is 10.1. The molecule has 0 aliphatic carbocycles. The summed E-state index contributed by atoms with van der Waals surface area (Å²) in [5, 5.41) is 12.9. The maximum absolute atomic E-state index is 13.4. The summed E-state index contributed by atoms with van der Waals surface area (Å²) in [7, 11) is 0. The minimum atomic E-state index is -4.57. The highest BCUT2D eigenvalue weighted by Crippen LogP contribution is 2.35. The van der Waals surface area contributed by atoms with Gasteiger partial charge < -0.3 is 9.84 Å². The lowest BCUT2D eigenvalue weighted by Crippen LogP contribution is -2.32. The van der Waals surface area contributed by atoms with E-state index in [1.165, 1.54) is 29.1 Å². The van der Waals surface area contributed by atoms with Gasteiger partial charge in [-0.25, -0.2) is 4.79 Å². The van der Waals surface area contributed by atoms with Gasteiger partial charge in [-0.2, -0.15) is 18.3 Å². The first-order chi connectivity index (χ1) is 17.0. The zero-order chi connectivity index (χ0) is 26.0. The van der Waals surface area contributed by atoms with Crippen LogP contribution in [0.5, 0.6) is 0 Å². The van der Waals surface area contributed by atoms with Crippen molar-refractivity contribution in [2.75, 3.05) is 19.8 Å². The van der Waals surface area contributed by atoms with Crippen LogP contribution in [0.25, 0.3) is 17.0 Å². The molecule has 0 radical (unpaired) electrons. The Balaban J connectivity index is 1.52. The molecule has 1 saturated heterocycles. The fourth-order valence-electron chi connectivity index (χ4n) is 3.59. The van der Waals surface area contributed by atoms with Crippen molar-refractivity contribution in [2.24, 2.45) is 0 Å². The third-order valence-corrected chi connectivity index (χ3v) is 6.36. The maximum Gasteiger partial charge on any atom is 0.416 e. The molecule has 0 unspecified atom stereocenters. The molecule has 0 bridgehead atoms. The Bertz CT molecular complexity index is 1390. The number of nitrogens with zero attached hydrogens (tertiary/aromatic N) is 3. The van der Waals surface area contributed by atoms with Crippen molar-refractivity contribution < 1.29 is 37.4 Å². The molecule has 2 aromatic carbocycles. The fourth-order valence-corrected chi connectivity index (χ4v) is 4.63. The van der Waals surface area contributed by atoms with E-state index in [2.05, 4.69) is 5.10 Å². The number of alkyl halides is 3. The highest BCUT2D eigenvalue weighted by Gasteiger charge is 2.35. The molecule has 1 aromatic heterocycles. The Morgan fingerprint density at radius 3 is 2.69 bits per heavy atom. The van der Waals surface area contributed by atoms with Gasteiger partial charge in [-0.1, -0.05) is 23.7 Å². The molecule has 1 aliphatic heterocycles. The number of amides is 2. The number of aliphatic carboxylic acids is 1.